The van der Waals surface area contributed by atoms with Gasteiger partial charge in [0.05, 0.1) is 0 Å². The number of benzene rings is 1. The number of likely N-dealkylation sites (N-methyl/N-ethyl adjacent to an activating group) is 1. The van der Waals surface area contributed by atoms with Gasteiger partial charge in [-0.15, -0.1) is 0 Å². The molecule has 4 heteroatoms. The van der Waals surface area contributed by atoms with Gasteiger partial charge in [0.15, 0.2) is 5.78 Å². The Morgan fingerprint density at radius 1 is 1.19 bits per heavy atom. The molecule has 2 aliphatic rings. The summed E-state index contributed by atoms with van der Waals surface area (Å²) in [6.07, 6.45) is 1.35. The van der Waals surface area contributed by atoms with Gasteiger partial charge in [-0.3, -0.25) is 10.1 Å². The molecule has 0 bridgehead atoms. The molecular formula is C17H22N2O2. The summed E-state index contributed by atoms with van der Waals surface area (Å²) in [6.45, 7) is 4.22. The fraction of sp³-hybridized carbons (Fsp3) is 0.471. The van der Waals surface area contributed by atoms with E-state index in [0.717, 1.165) is 17.7 Å². The minimum absolute atomic E-state index is 0.0444. The normalized spacial score (nSPS) is 27.6. The van der Waals surface area contributed by atoms with Crippen molar-refractivity contribution in [2.75, 3.05) is 14.1 Å². The summed E-state index contributed by atoms with van der Waals surface area (Å²) in [5, 5.41) is 3.26. The molecule has 3 rings (SSSR count). The Morgan fingerprint density at radius 2 is 1.86 bits per heavy atom. The van der Waals surface area contributed by atoms with Gasteiger partial charge in [0, 0.05) is 25.5 Å². The fourth-order valence-electron chi connectivity index (χ4n) is 3.40. The van der Waals surface area contributed by atoms with Gasteiger partial charge >= 0.3 is 0 Å². The smallest absolute Gasteiger partial charge is 0.267 e. The molecule has 1 aromatic rings. The van der Waals surface area contributed by atoms with E-state index in [-0.39, 0.29) is 11.2 Å². The van der Waals surface area contributed by atoms with Gasteiger partial charge in [0.1, 0.15) is 11.5 Å². The lowest BCUT2D eigenvalue weighted by Gasteiger charge is -2.36. The van der Waals surface area contributed by atoms with E-state index < -0.39 is 5.85 Å². The largest absolute Gasteiger partial charge is 0.452 e. The third-order valence-corrected chi connectivity index (χ3v) is 4.39. The van der Waals surface area contributed by atoms with Crippen molar-refractivity contribution < 1.29 is 9.53 Å². The van der Waals surface area contributed by atoms with Crippen LogP contribution >= 0.6 is 0 Å². The summed E-state index contributed by atoms with van der Waals surface area (Å²) in [6, 6.07) is 9.97. The van der Waals surface area contributed by atoms with Gasteiger partial charge in [-0.1, -0.05) is 44.2 Å². The maximum absolute atomic E-state index is 12.5. The summed E-state index contributed by atoms with van der Waals surface area (Å²) >= 11 is 0. The van der Waals surface area contributed by atoms with Crippen molar-refractivity contribution >= 4 is 5.78 Å². The molecule has 0 fully saturated rings. The minimum Gasteiger partial charge on any atom is -0.452 e. The fourth-order valence-corrected chi connectivity index (χ4v) is 3.40. The van der Waals surface area contributed by atoms with Crippen molar-refractivity contribution in [1.82, 2.24) is 10.2 Å². The lowest BCUT2D eigenvalue weighted by atomic mass is 9.78. The molecule has 1 unspecified atom stereocenters. The molecule has 0 saturated heterocycles. The first kappa shape index (κ1) is 14.1. The number of hydrogen-bond donors (Lipinski definition) is 1. The van der Waals surface area contributed by atoms with Gasteiger partial charge < -0.3 is 9.64 Å². The molecular weight excluding hydrogens is 264 g/mol. The molecule has 0 radical (unpaired) electrons. The van der Waals surface area contributed by atoms with E-state index in [1.807, 2.05) is 49.3 Å². The zero-order valence-electron chi connectivity index (χ0n) is 13.1. The lowest BCUT2D eigenvalue weighted by Crippen LogP contribution is -2.51. The van der Waals surface area contributed by atoms with Crippen LogP contribution in [-0.4, -0.2) is 24.8 Å². The molecule has 1 aliphatic carbocycles. The molecule has 0 aromatic heterocycles. The number of allylic oxidation sites excluding steroid dienone is 2. The van der Waals surface area contributed by atoms with Crippen molar-refractivity contribution in [3.8, 4) is 0 Å². The summed E-state index contributed by atoms with van der Waals surface area (Å²) in [5.41, 5.74) is 1.67. The number of carbonyl (C=O) groups is 1. The molecule has 21 heavy (non-hydrogen) atoms. The molecule has 0 spiro atoms. The zero-order chi connectivity index (χ0) is 15.3. The first-order valence-corrected chi connectivity index (χ1v) is 7.33. The van der Waals surface area contributed by atoms with Crippen LogP contribution in [0.15, 0.2) is 41.8 Å². The van der Waals surface area contributed by atoms with Gasteiger partial charge in [0.2, 0.25) is 0 Å². The highest BCUT2D eigenvalue weighted by Crippen LogP contribution is 2.47. The molecule has 4 nitrogen and oxygen atoms in total. The number of nitrogens with zero attached hydrogens (tertiary/aromatic N) is 1. The van der Waals surface area contributed by atoms with Crippen LogP contribution in [0.4, 0.5) is 0 Å². The van der Waals surface area contributed by atoms with E-state index in [1.54, 1.807) is 0 Å². The second kappa shape index (κ2) is 4.60. The average molecular weight is 286 g/mol. The Kier molecular flexibility index (Phi) is 3.10. The number of carbonyl (C=O) groups excluding carboxylic acids is 1. The Hall–Kier alpha value is -1.81. The van der Waals surface area contributed by atoms with Crippen molar-refractivity contribution in [3.63, 3.8) is 0 Å². The van der Waals surface area contributed by atoms with Crippen LogP contribution < -0.4 is 5.32 Å². The van der Waals surface area contributed by atoms with Crippen LogP contribution in [-0.2, 0) is 15.4 Å². The van der Waals surface area contributed by atoms with Gasteiger partial charge in [-0.25, -0.2) is 0 Å². The molecule has 0 amide bonds. The standard InChI is InChI=1S/C17H22N2O2/c1-16(2)10-13(20)15-14(11-16)21-17(18-3,19(15)4)12-8-6-5-7-9-12/h5-9,18H,10-11H2,1-4H3. The Morgan fingerprint density at radius 3 is 2.48 bits per heavy atom. The number of ketones is 1. The molecule has 1 aliphatic heterocycles. The van der Waals surface area contributed by atoms with Crippen LogP contribution in [0.1, 0.15) is 32.3 Å². The highest BCUT2D eigenvalue weighted by atomic mass is 16.5. The minimum atomic E-state index is -0.790. The van der Waals surface area contributed by atoms with Crippen molar-refractivity contribution in [1.29, 1.82) is 0 Å². The summed E-state index contributed by atoms with van der Waals surface area (Å²) in [4.78, 5) is 14.5. The predicted molar refractivity (Wildman–Crippen MR) is 81.1 cm³/mol. The number of Topliss-reactive ketones (excluding diaryl/α,β-unsaturated/α-hetero) is 1. The third-order valence-electron chi connectivity index (χ3n) is 4.39. The number of hydrogen-bond acceptors (Lipinski definition) is 4. The second-order valence-corrected chi connectivity index (χ2v) is 6.63. The summed E-state index contributed by atoms with van der Waals surface area (Å²) < 4.78 is 6.28. The van der Waals surface area contributed by atoms with Crippen molar-refractivity contribution in [2.24, 2.45) is 5.41 Å². The SMILES string of the molecule is CNC1(c2ccccc2)OC2=C(C(=O)CC(C)(C)C2)N1C. The first-order chi connectivity index (χ1) is 9.89. The second-order valence-electron chi connectivity index (χ2n) is 6.63. The third kappa shape index (κ3) is 2.05. The maximum Gasteiger partial charge on any atom is 0.267 e. The van der Waals surface area contributed by atoms with E-state index in [1.165, 1.54) is 0 Å². The lowest BCUT2D eigenvalue weighted by molar-refractivity contribution is -0.121. The molecule has 1 N–H and O–H groups in total. The molecule has 0 saturated carbocycles. The molecule has 1 heterocycles. The molecule has 112 valence electrons. The Balaban J connectivity index is 2.05. The first-order valence-electron chi connectivity index (χ1n) is 7.33. The number of nitrogens with one attached hydrogen (secondary N) is 1. The zero-order valence-corrected chi connectivity index (χ0v) is 13.1. The van der Waals surface area contributed by atoms with Gasteiger partial charge in [-0.05, 0) is 12.5 Å². The quantitative estimate of drug-likeness (QED) is 0.907. The van der Waals surface area contributed by atoms with Gasteiger partial charge in [-0.2, -0.15) is 0 Å². The van der Waals surface area contributed by atoms with Gasteiger partial charge in [0.25, 0.3) is 5.85 Å². The van der Waals surface area contributed by atoms with Crippen LogP contribution in [0.3, 0.4) is 0 Å². The van der Waals surface area contributed by atoms with E-state index in [0.29, 0.717) is 12.1 Å². The number of rotatable bonds is 2. The number of ether oxygens (including phenoxy) is 1. The Bertz CT molecular complexity index is 606. The molecule has 1 atom stereocenters. The molecule has 1 aromatic carbocycles. The van der Waals surface area contributed by atoms with E-state index >= 15 is 0 Å². The van der Waals surface area contributed by atoms with E-state index in [9.17, 15) is 4.79 Å². The topological polar surface area (TPSA) is 41.6 Å². The summed E-state index contributed by atoms with van der Waals surface area (Å²) in [7, 11) is 3.78. The van der Waals surface area contributed by atoms with Crippen LogP contribution in [0.5, 0.6) is 0 Å². The van der Waals surface area contributed by atoms with Crippen LogP contribution in [0.25, 0.3) is 0 Å². The van der Waals surface area contributed by atoms with Crippen molar-refractivity contribution in [2.45, 2.75) is 32.5 Å². The highest BCUT2D eigenvalue weighted by molar-refractivity contribution is 5.97. The van der Waals surface area contributed by atoms with Crippen LogP contribution in [0, 0.1) is 5.41 Å². The van der Waals surface area contributed by atoms with Crippen LogP contribution in [0.2, 0.25) is 0 Å². The maximum atomic E-state index is 12.5. The average Bonchev–Trinajstić information content (AvgIpc) is 2.72. The summed E-state index contributed by atoms with van der Waals surface area (Å²) in [5.74, 6) is 0.177. The van der Waals surface area contributed by atoms with E-state index in [4.69, 9.17) is 4.74 Å². The van der Waals surface area contributed by atoms with E-state index in [2.05, 4.69) is 19.2 Å². The predicted octanol–water partition coefficient (Wildman–Crippen LogP) is 2.58. The Labute approximate surface area is 125 Å². The highest BCUT2D eigenvalue weighted by Gasteiger charge is 2.51. The van der Waals surface area contributed by atoms with Crippen molar-refractivity contribution in [3.05, 3.63) is 47.4 Å². The monoisotopic (exact) mass is 286 g/mol.